The summed E-state index contributed by atoms with van der Waals surface area (Å²) in [7, 11) is 0. The van der Waals surface area contributed by atoms with Crippen LogP contribution in [0.1, 0.15) is 25.3 Å². The van der Waals surface area contributed by atoms with Crippen molar-refractivity contribution in [1.82, 2.24) is 4.98 Å². The number of rotatable bonds is 2. The second-order valence-corrected chi connectivity index (χ2v) is 4.14. The van der Waals surface area contributed by atoms with Crippen LogP contribution in [0.15, 0.2) is 42.6 Å². The molecule has 2 rings (SSSR count). The van der Waals surface area contributed by atoms with Crippen LogP contribution >= 0.6 is 0 Å². The molecule has 0 aliphatic heterocycles. The highest BCUT2D eigenvalue weighted by atomic mass is 19.1. The average molecular weight is 215 g/mol. The van der Waals surface area contributed by atoms with Crippen LogP contribution in [0, 0.1) is 5.82 Å². The van der Waals surface area contributed by atoms with Gasteiger partial charge in [0.15, 0.2) is 0 Å². The average Bonchev–Trinajstić information content (AvgIpc) is 2.30. The van der Waals surface area contributed by atoms with Crippen molar-refractivity contribution < 1.29 is 4.39 Å². The molecule has 0 amide bonds. The van der Waals surface area contributed by atoms with Gasteiger partial charge in [-0.1, -0.05) is 13.8 Å². The van der Waals surface area contributed by atoms with Gasteiger partial charge in [0.25, 0.3) is 0 Å². The Morgan fingerprint density at radius 3 is 2.38 bits per heavy atom. The molecule has 0 bridgehead atoms. The minimum absolute atomic E-state index is 0.219. The molecule has 0 unspecified atom stereocenters. The lowest BCUT2D eigenvalue weighted by Gasteiger charge is -2.07. The molecule has 0 radical (unpaired) electrons. The van der Waals surface area contributed by atoms with Crippen LogP contribution in [-0.2, 0) is 0 Å². The van der Waals surface area contributed by atoms with Gasteiger partial charge in [0, 0.05) is 11.8 Å². The Kier molecular flexibility index (Phi) is 3.00. The molecule has 0 fully saturated rings. The van der Waals surface area contributed by atoms with Gasteiger partial charge >= 0.3 is 0 Å². The monoisotopic (exact) mass is 215 g/mol. The van der Waals surface area contributed by atoms with Crippen molar-refractivity contribution in [2.24, 2.45) is 0 Å². The summed E-state index contributed by atoms with van der Waals surface area (Å²) in [5.41, 5.74) is 3.09. The smallest absolute Gasteiger partial charge is 0.123 e. The number of nitrogens with zero attached hydrogens (tertiary/aromatic N) is 1. The molecule has 0 saturated carbocycles. The number of pyridine rings is 1. The van der Waals surface area contributed by atoms with Crippen molar-refractivity contribution >= 4 is 0 Å². The standard InChI is InChI=1S/C14H14FN/c1-10(2)12-7-8-16-14(9-12)11-3-5-13(15)6-4-11/h3-10H,1-2H3. The summed E-state index contributed by atoms with van der Waals surface area (Å²) in [4.78, 5) is 4.30. The van der Waals surface area contributed by atoms with E-state index in [9.17, 15) is 4.39 Å². The van der Waals surface area contributed by atoms with E-state index in [1.165, 1.54) is 17.7 Å². The molecule has 2 aromatic rings. The third-order valence-corrected chi connectivity index (χ3v) is 2.59. The van der Waals surface area contributed by atoms with Gasteiger partial charge in [-0.3, -0.25) is 4.98 Å². The van der Waals surface area contributed by atoms with Crippen molar-refractivity contribution in [2.75, 3.05) is 0 Å². The molecule has 1 nitrogen and oxygen atoms in total. The minimum Gasteiger partial charge on any atom is -0.256 e. The SMILES string of the molecule is CC(C)c1ccnc(-c2ccc(F)cc2)c1. The molecule has 0 N–H and O–H groups in total. The lowest BCUT2D eigenvalue weighted by Crippen LogP contribution is -1.90. The third-order valence-electron chi connectivity index (χ3n) is 2.59. The molecule has 1 heterocycles. The molecular formula is C14H14FN. The zero-order chi connectivity index (χ0) is 11.5. The summed E-state index contributed by atoms with van der Waals surface area (Å²) in [6.07, 6.45) is 1.80. The van der Waals surface area contributed by atoms with Crippen molar-refractivity contribution in [2.45, 2.75) is 19.8 Å². The molecule has 2 heteroatoms. The predicted molar refractivity (Wildman–Crippen MR) is 63.7 cm³/mol. The first-order chi connectivity index (χ1) is 7.66. The van der Waals surface area contributed by atoms with Gasteiger partial charge in [-0.2, -0.15) is 0 Å². The van der Waals surface area contributed by atoms with Gasteiger partial charge < -0.3 is 0 Å². The van der Waals surface area contributed by atoms with E-state index in [4.69, 9.17) is 0 Å². The fraction of sp³-hybridized carbons (Fsp3) is 0.214. The zero-order valence-corrected chi connectivity index (χ0v) is 9.44. The van der Waals surface area contributed by atoms with Crippen LogP contribution in [-0.4, -0.2) is 4.98 Å². The maximum atomic E-state index is 12.8. The van der Waals surface area contributed by atoms with Crippen molar-refractivity contribution in [3.8, 4) is 11.3 Å². The number of aromatic nitrogens is 1. The Balaban J connectivity index is 2.40. The lowest BCUT2D eigenvalue weighted by molar-refractivity contribution is 0.628. The fourth-order valence-electron chi connectivity index (χ4n) is 1.58. The molecule has 0 aliphatic carbocycles. The maximum Gasteiger partial charge on any atom is 0.123 e. The Morgan fingerprint density at radius 1 is 1.06 bits per heavy atom. The van der Waals surface area contributed by atoms with Gasteiger partial charge in [-0.25, -0.2) is 4.39 Å². The van der Waals surface area contributed by atoms with Gasteiger partial charge in [0.1, 0.15) is 5.82 Å². The highest BCUT2D eigenvalue weighted by molar-refractivity contribution is 5.59. The Hall–Kier alpha value is -1.70. The van der Waals surface area contributed by atoms with Crippen LogP contribution in [0.4, 0.5) is 4.39 Å². The van der Waals surface area contributed by atoms with E-state index in [1.54, 1.807) is 18.3 Å². The molecule has 0 atom stereocenters. The van der Waals surface area contributed by atoms with E-state index < -0.39 is 0 Å². The van der Waals surface area contributed by atoms with Gasteiger partial charge in [0.2, 0.25) is 0 Å². The molecule has 0 saturated heterocycles. The molecule has 1 aromatic carbocycles. The fourth-order valence-corrected chi connectivity index (χ4v) is 1.58. The third kappa shape index (κ3) is 2.27. The van der Waals surface area contributed by atoms with Gasteiger partial charge in [-0.15, -0.1) is 0 Å². The molecule has 82 valence electrons. The predicted octanol–water partition coefficient (Wildman–Crippen LogP) is 4.01. The first-order valence-electron chi connectivity index (χ1n) is 5.38. The molecule has 0 aliphatic rings. The Labute approximate surface area is 95.0 Å². The summed E-state index contributed by atoms with van der Waals surface area (Å²) in [5.74, 6) is 0.256. The van der Waals surface area contributed by atoms with E-state index in [2.05, 4.69) is 24.9 Å². The summed E-state index contributed by atoms with van der Waals surface area (Å²) in [6.45, 7) is 4.29. The first kappa shape index (κ1) is 10.8. The molecular weight excluding hydrogens is 201 g/mol. The highest BCUT2D eigenvalue weighted by Gasteiger charge is 2.03. The van der Waals surface area contributed by atoms with E-state index in [-0.39, 0.29) is 5.82 Å². The van der Waals surface area contributed by atoms with Gasteiger partial charge in [-0.05, 0) is 47.9 Å². The second kappa shape index (κ2) is 4.44. The number of hydrogen-bond acceptors (Lipinski definition) is 1. The lowest BCUT2D eigenvalue weighted by atomic mass is 10.0. The van der Waals surface area contributed by atoms with Crippen molar-refractivity contribution in [1.29, 1.82) is 0 Å². The Bertz CT molecular complexity index is 474. The Morgan fingerprint density at radius 2 is 1.75 bits per heavy atom. The van der Waals surface area contributed by atoms with Crippen molar-refractivity contribution in [3.63, 3.8) is 0 Å². The quantitative estimate of drug-likeness (QED) is 0.737. The number of halogens is 1. The maximum absolute atomic E-state index is 12.8. The molecule has 0 spiro atoms. The second-order valence-electron chi connectivity index (χ2n) is 4.14. The van der Waals surface area contributed by atoms with Gasteiger partial charge in [0.05, 0.1) is 5.69 Å². The van der Waals surface area contributed by atoms with Crippen LogP contribution in [0.2, 0.25) is 0 Å². The molecule has 1 aromatic heterocycles. The van der Waals surface area contributed by atoms with E-state index in [1.807, 2.05) is 6.07 Å². The zero-order valence-electron chi connectivity index (χ0n) is 9.44. The van der Waals surface area contributed by atoms with E-state index >= 15 is 0 Å². The van der Waals surface area contributed by atoms with E-state index in [0.29, 0.717) is 5.92 Å². The van der Waals surface area contributed by atoms with Crippen molar-refractivity contribution in [3.05, 3.63) is 54.0 Å². The normalized spacial score (nSPS) is 10.8. The first-order valence-corrected chi connectivity index (χ1v) is 5.38. The summed E-state index contributed by atoms with van der Waals surface area (Å²) in [6, 6.07) is 10.5. The van der Waals surface area contributed by atoms with Crippen LogP contribution in [0.3, 0.4) is 0 Å². The molecule has 16 heavy (non-hydrogen) atoms. The number of hydrogen-bond donors (Lipinski definition) is 0. The van der Waals surface area contributed by atoms with Crippen LogP contribution in [0.5, 0.6) is 0 Å². The van der Waals surface area contributed by atoms with E-state index in [0.717, 1.165) is 11.3 Å². The summed E-state index contributed by atoms with van der Waals surface area (Å²) >= 11 is 0. The van der Waals surface area contributed by atoms with Crippen LogP contribution < -0.4 is 0 Å². The minimum atomic E-state index is -0.219. The summed E-state index contributed by atoms with van der Waals surface area (Å²) < 4.78 is 12.8. The summed E-state index contributed by atoms with van der Waals surface area (Å²) in [5, 5.41) is 0. The topological polar surface area (TPSA) is 12.9 Å². The number of benzene rings is 1. The van der Waals surface area contributed by atoms with Crippen LogP contribution in [0.25, 0.3) is 11.3 Å². The highest BCUT2D eigenvalue weighted by Crippen LogP contribution is 2.21. The largest absolute Gasteiger partial charge is 0.256 e.